The zero-order chi connectivity index (χ0) is 23.3. The Bertz CT molecular complexity index is 1190. The Balaban J connectivity index is 1.82. The van der Waals surface area contributed by atoms with Crippen molar-refractivity contribution in [2.24, 2.45) is 0 Å². The van der Waals surface area contributed by atoms with Crippen LogP contribution in [0.4, 0.5) is 5.69 Å². The molecule has 0 spiro atoms. The number of nitrogens with one attached hydrogen (secondary N) is 2. The lowest BCUT2D eigenvalue weighted by molar-refractivity contribution is -0.386. The highest BCUT2D eigenvalue weighted by molar-refractivity contribution is 6.01. The lowest BCUT2D eigenvalue weighted by atomic mass is 10.0. The van der Waals surface area contributed by atoms with E-state index < -0.39 is 22.4 Å². The fourth-order valence-electron chi connectivity index (χ4n) is 3.35. The van der Waals surface area contributed by atoms with Crippen LogP contribution in [0.15, 0.2) is 48.5 Å². The predicted octanol–water partition coefficient (Wildman–Crippen LogP) is 2.78. The number of rotatable bonds is 7. The molecule has 3 aromatic rings. The van der Waals surface area contributed by atoms with Gasteiger partial charge in [0.25, 0.3) is 5.91 Å². The molecule has 32 heavy (non-hydrogen) atoms. The summed E-state index contributed by atoms with van der Waals surface area (Å²) < 4.78 is 15.4. The molecule has 10 nitrogen and oxygen atoms in total. The van der Waals surface area contributed by atoms with Crippen LogP contribution < -0.4 is 25.1 Å². The highest BCUT2D eigenvalue weighted by Crippen LogP contribution is 2.46. The van der Waals surface area contributed by atoms with Crippen molar-refractivity contribution in [2.45, 2.75) is 6.42 Å². The van der Waals surface area contributed by atoms with Gasteiger partial charge in [0.1, 0.15) is 5.56 Å². The second-order valence-electron chi connectivity index (χ2n) is 6.62. The Morgan fingerprint density at radius 1 is 0.938 bits per heavy atom. The van der Waals surface area contributed by atoms with E-state index >= 15 is 0 Å². The van der Waals surface area contributed by atoms with Gasteiger partial charge < -0.3 is 14.2 Å². The van der Waals surface area contributed by atoms with E-state index in [9.17, 15) is 19.7 Å². The quantitative estimate of drug-likeness (QED) is 0.428. The van der Waals surface area contributed by atoms with E-state index in [-0.39, 0.29) is 29.2 Å². The topological polar surface area (TPSA) is 129 Å². The summed E-state index contributed by atoms with van der Waals surface area (Å²) in [6.45, 7) is 0. The summed E-state index contributed by atoms with van der Waals surface area (Å²) in [6, 6.07) is 14.3. The summed E-state index contributed by atoms with van der Waals surface area (Å²) in [6.07, 6.45) is -0.00101. The molecule has 0 radical (unpaired) electrons. The largest absolute Gasteiger partial charge is 0.493 e. The van der Waals surface area contributed by atoms with Crippen molar-refractivity contribution in [2.75, 3.05) is 21.3 Å². The minimum Gasteiger partial charge on any atom is -0.493 e. The average molecular weight is 439 g/mol. The van der Waals surface area contributed by atoms with Gasteiger partial charge >= 0.3 is 5.69 Å². The van der Waals surface area contributed by atoms with Crippen molar-refractivity contribution in [3.63, 3.8) is 0 Å². The number of hydrogen-bond acceptors (Lipinski definition) is 7. The third-order valence-corrected chi connectivity index (χ3v) is 4.78. The summed E-state index contributed by atoms with van der Waals surface area (Å²) in [5.74, 6) is -1.66. The molecule has 0 aliphatic heterocycles. The highest BCUT2D eigenvalue weighted by Gasteiger charge is 2.32. The highest BCUT2D eigenvalue weighted by atomic mass is 16.6. The van der Waals surface area contributed by atoms with Gasteiger partial charge in [-0.1, -0.05) is 42.5 Å². The summed E-state index contributed by atoms with van der Waals surface area (Å²) >= 11 is 0. The smallest absolute Gasteiger partial charge is 0.327 e. The predicted molar refractivity (Wildman–Crippen MR) is 116 cm³/mol. The van der Waals surface area contributed by atoms with E-state index in [2.05, 4.69) is 10.9 Å². The number of carbonyl (C=O) groups excluding carboxylic acids is 2. The molecule has 10 heteroatoms. The maximum atomic E-state index is 12.7. The van der Waals surface area contributed by atoms with Crippen molar-refractivity contribution in [1.29, 1.82) is 0 Å². The molecule has 0 bridgehead atoms. The minimum absolute atomic E-state index is 0.00101. The van der Waals surface area contributed by atoms with Crippen molar-refractivity contribution in [3.8, 4) is 17.2 Å². The molecule has 0 fully saturated rings. The Labute approximate surface area is 183 Å². The molecular weight excluding hydrogens is 418 g/mol. The number of nitrogens with zero attached hydrogens (tertiary/aromatic N) is 1. The second kappa shape index (κ2) is 9.65. The van der Waals surface area contributed by atoms with E-state index in [1.807, 2.05) is 42.5 Å². The molecule has 166 valence electrons. The van der Waals surface area contributed by atoms with E-state index in [4.69, 9.17) is 14.2 Å². The van der Waals surface area contributed by atoms with Crippen LogP contribution in [-0.4, -0.2) is 38.1 Å². The lowest BCUT2D eigenvalue weighted by Gasteiger charge is -2.15. The molecule has 0 heterocycles. The molecule has 2 amide bonds. The Hall–Kier alpha value is -4.34. The average Bonchev–Trinajstić information content (AvgIpc) is 2.81. The van der Waals surface area contributed by atoms with Crippen LogP contribution in [0.2, 0.25) is 0 Å². The summed E-state index contributed by atoms with van der Waals surface area (Å²) in [7, 11) is 3.81. The van der Waals surface area contributed by atoms with Gasteiger partial charge in [0.2, 0.25) is 17.4 Å². The van der Waals surface area contributed by atoms with Gasteiger partial charge in [-0.05, 0) is 16.3 Å². The second-order valence-corrected chi connectivity index (χ2v) is 6.62. The van der Waals surface area contributed by atoms with Crippen LogP contribution in [0.1, 0.15) is 15.9 Å². The van der Waals surface area contributed by atoms with Gasteiger partial charge in [-0.2, -0.15) is 0 Å². The van der Waals surface area contributed by atoms with Gasteiger partial charge in [-0.25, -0.2) is 0 Å². The van der Waals surface area contributed by atoms with E-state index in [1.165, 1.54) is 21.3 Å². The van der Waals surface area contributed by atoms with E-state index in [0.717, 1.165) is 22.4 Å². The molecule has 3 aromatic carbocycles. The maximum absolute atomic E-state index is 12.7. The molecule has 0 saturated heterocycles. The fourth-order valence-corrected chi connectivity index (χ4v) is 3.35. The standard InChI is InChI=1S/C22H21N3O7/c1-30-17-12-16(19(25(28)29)21(32-3)20(17)31-2)22(27)24-23-18(26)11-14-9-6-8-13-7-4-5-10-15(13)14/h4-10,12H,11H2,1-3H3,(H,23,26)(H,24,27). The van der Waals surface area contributed by atoms with Gasteiger partial charge in [-0.3, -0.25) is 30.6 Å². The maximum Gasteiger partial charge on any atom is 0.327 e. The van der Waals surface area contributed by atoms with Crippen LogP contribution in [0.3, 0.4) is 0 Å². The van der Waals surface area contributed by atoms with Crippen LogP contribution >= 0.6 is 0 Å². The third-order valence-electron chi connectivity index (χ3n) is 4.78. The van der Waals surface area contributed by atoms with Crippen molar-refractivity contribution < 1.29 is 28.7 Å². The van der Waals surface area contributed by atoms with Gasteiger partial charge in [0.15, 0.2) is 5.75 Å². The lowest BCUT2D eigenvalue weighted by Crippen LogP contribution is -2.42. The first-order valence-electron chi connectivity index (χ1n) is 9.44. The zero-order valence-electron chi connectivity index (χ0n) is 17.6. The Morgan fingerprint density at radius 3 is 2.28 bits per heavy atom. The van der Waals surface area contributed by atoms with Gasteiger partial charge in [-0.15, -0.1) is 0 Å². The fraction of sp³-hybridized carbons (Fsp3) is 0.182. The number of methoxy groups -OCH3 is 3. The number of benzene rings is 3. The minimum atomic E-state index is -0.915. The van der Waals surface area contributed by atoms with Gasteiger partial charge in [0, 0.05) is 6.07 Å². The number of carbonyl (C=O) groups is 2. The summed E-state index contributed by atoms with van der Waals surface area (Å²) in [5.41, 5.74) is 4.28. The van der Waals surface area contributed by atoms with Crippen molar-refractivity contribution >= 4 is 28.3 Å². The molecule has 0 saturated carbocycles. The molecule has 2 N–H and O–H groups in total. The van der Waals surface area contributed by atoms with E-state index in [1.54, 1.807) is 0 Å². The SMILES string of the molecule is COc1cc(C(=O)NNC(=O)Cc2cccc3ccccc23)c([N+](=O)[O-])c(OC)c1OC. The molecule has 0 atom stereocenters. The summed E-state index contributed by atoms with van der Waals surface area (Å²) in [4.78, 5) is 36.0. The number of amides is 2. The zero-order valence-corrected chi connectivity index (χ0v) is 17.6. The number of nitro groups is 1. The van der Waals surface area contributed by atoms with E-state index in [0.29, 0.717) is 0 Å². The number of ether oxygens (including phenoxy) is 3. The van der Waals surface area contributed by atoms with Crippen LogP contribution in [0, 0.1) is 10.1 Å². The number of hydrazine groups is 1. The van der Waals surface area contributed by atoms with Crippen LogP contribution in [-0.2, 0) is 11.2 Å². The number of hydrogen-bond donors (Lipinski definition) is 2. The summed E-state index contributed by atoms with van der Waals surface area (Å²) in [5, 5.41) is 13.5. The van der Waals surface area contributed by atoms with Crippen molar-refractivity contribution in [3.05, 3.63) is 69.8 Å². The molecule has 0 aliphatic carbocycles. The normalized spacial score (nSPS) is 10.3. The van der Waals surface area contributed by atoms with Gasteiger partial charge in [0.05, 0.1) is 32.7 Å². The molecular formula is C22H21N3O7. The molecule has 0 unspecified atom stereocenters. The van der Waals surface area contributed by atoms with Crippen molar-refractivity contribution in [1.82, 2.24) is 10.9 Å². The van der Waals surface area contributed by atoms with Crippen LogP contribution in [0.5, 0.6) is 17.2 Å². The number of fused-ring (bicyclic) bond motifs is 1. The van der Waals surface area contributed by atoms with Crippen LogP contribution in [0.25, 0.3) is 10.8 Å². The molecule has 0 aromatic heterocycles. The first-order valence-corrected chi connectivity index (χ1v) is 9.44. The molecule has 3 rings (SSSR count). The first-order chi connectivity index (χ1) is 15.4. The monoisotopic (exact) mass is 439 g/mol. The Kier molecular flexibility index (Phi) is 6.74. The number of nitro benzene ring substituents is 1. The first kappa shape index (κ1) is 22.3. The Morgan fingerprint density at radius 2 is 1.62 bits per heavy atom. The third kappa shape index (κ3) is 4.38. The molecule has 0 aliphatic rings.